The van der Waals surface area contributed by atoms with Gasteiger partial charge in [-0.1, -0.05) is 24.3 Å². The van der Waals surface area contributed by atoms with Crippen molar-refractivity contribution >= 4 is 17.7 Å². The van der Waals surface area contributed by atoms with Gasteiger partial charge in [0.15, 0.2) is 0 Å². The molecule has 1 saturated heterocycles. The van der Waals surface area contributed by atoms with E-state index < -0.39 is 11.6 Å². The zero-order chi connectivity index (χ0) is 15.7. The van der Waals surface area contributed by atoms with E-state index >= 15 is 0 Å². The van der Waals surface area contributed by atoms with E-state index in [0.29, 0.717) is 11.3 Å². The summed E-state index contributed by atoms with van der Waals surface area (Å²) >= 11 is 1.54. The quantitative estimate of drug-likeness (QED) is 0.851. The van der Waals surface area contributed by atoms with Crippen LogP contribution in [0.1, 0.15) is 22.1 Å². The molecule has 3 rings (SSSR count). The molecule has 0 aliphatic carbocycles. The van der Waals surface area contributed by atoms with Crippen LogP contribution < -0.4 is 0 Å². The lowest BCUT2D eigenvalue weighted by atomic mass is 10.1. The predicted molar refractivity (Wildman–Crippen MR) is 83.3 cm³/mol. The highest BCUT2D eigenvalue weighted by molar-refractivity contribution is 8.00. The molecule has 0 N–H and O–H groups in total. The predicted octanol–water partition coefficient (Wildman–Crippen LogP) is 4.05. The van der Waals surface area contributed by atoms with Crippen molar-refractivity contribution in [3.8, 4) is 0 Å². The maximum atomic E-state index is 13.3. The molecule has 0 bridgehead atoms. The number of halogens is 2. The van der Waals surface area contributed by atoms with Crippen LogP contribution in [-0.2, 0) is 11.3 Å². The molecule has 2 nitrogen and oxygen atoms in total. The van der Waals surface area contributed by atoms with Gasteiger partial charge in [-0.2, -0.15) is 0 Å². The average Bonchev–Trinajstić information content (AvgIpc) is 2.80. The van der Waals surface area contributed by atoms with E-state index in [4.69, 9.17) is 0 Å². The van der Waals surface area contributed by atoms with Gasteiger partial charge in [0, 0.05) is 12.6 Å². The molecule has 5 heteroatoms. The molecular weight excluding hydrogens is 304 g/mol. The summed E-state index contributed by atoms with van der Waals surface area (Å²) in [5, 5.41) is -0.111. The average molecular weight is 319 g/mol. The first-order valence-electron chi connectivity index (χ1n) is 6.96. The molecule has 22 heavy (non-hydrogen) atoms. The molecule has 0 aromatic heterocycles. The largest absolute Gasteiger partial charge is 0.321 e. The molecule has 1 unspecified atom stereocenters. The molecule has 2 aromatic rings. The van der Waals surface area contributed by atoms with Crippen molar-refractivity contribution in [3.05, 3.63) is 70.8 Å². The van der Waals surface area contributed by atoms with Crippen molar-refractivity contribution in [2.75, 3.05) is 5.75 Å². The zero-order valence-corrected chi connectivity index (χ0v) is 12.9. The minimum Gasteiger partial charge on any atom is -0.321 e. The number of hydrogen-bond donors (Lipinski definition) is 0. The number of rotatable bonds is 3. The standard InChI is InChI=1S/C17H15F2NOS/c1-11-4-2-3-5-15(11)17-20(16(21)10-22-17)9-12-6-13(18)8-14(19)7-12/h2-8,17H,9-10H2,1H3. The molecular formula is C17H15F2NOS. The molecule has 114 valence electrons. The van der Waals surface area contributed by atoms with E-state index in [9.17, 15) is 13.6 Å². The van der Waals surface area contributed by atoms with Crippen LogP contribution in [0.15, 0.2) is 42.5 Å². The molecule has 2 aromatic carbocycles. The maximum absolute atomic E-state index is 13.3. The molecule has 1 fully saturated rings. The van der Waals surface area contributed by atoms with Crippen molar-refractivity contribution in [3.63, 3.8) is 0 Å². The minimum atomic E-state index is -0.623. The number of thioether (sulfide) groups is 1. The van der Waals surface area contributed by atoms with Gasteiger partial charge in [0.25, 0.3) is 0 Å². The zero-order valence-electron chi connectivity index (χ0n) is 12.1. The summed E-state index contributed by atoms with van der Waals surface area (Å²) in [6, 6.07) is 11.3. The summed E-state index contributed by atoms with van der Waals surface area (Å²) in [6.45, 7) is 2.21. The normalized spacial score (nSPS) is 18.0. The van der Waals surface area contributed by atoms with Crippen molar-refractivity contribution < 1.29 is 13.6 Å². The maximum Gasteiger partial charge on any atom is 0.234 e. The molecule has 1 heterocycles. The highest BCUT2D eigenvalue weighted by Gasteiger charge is 2.33. The Kier molecular flexibility index (Phi) is 4.16. The van der Waals surface area contributed by atoms with Gasteiger partial charge in [-0.15, -0.1) is 11.8 Å². The fraction of sp³-hybridized carbons (Fsp3) is 0.235. The van der Waals surface area contributed by atoms with E-state index in [1.807, 2.05) is 31.2 Å². The monoisotopic (exact) mass is 319 g/mol. The number of amides is 1. The van der Waals surface area contributed by atoms with Crippen LogP contribution in [-0.4, -0.2) is 16.6 Å². The lowest BCUT2D eigenvalue weighted by molar-refractivity contribution is -0.128. The fourth-order valence-electron chi connectivity index (χ4n) is 2.65. The summed E-state index contributed by atoms with van der Waals surface area (Å²) in [4.78, 5) is 13.8. The van der Waals surface area contributed by atoms with E-state index in [0.717, 1.165) is 17.2 Å². The summed E-state index contributed by atoms with van der Waals surface area (Å²) in [5.74, 6) is -0.872. The van der Waals surface area contributed by atoms with Crippen LogP contribution in [0.3, 0.4) is 0 Å². The first-order valence-corrected chi connectivity index (χ1v) is 8.01. The van der Waals surface area contributed by atoms with Gasteiger partial charge in [0.1, 0.15) is 17.0 Å². The molecule has 1 aliphatic heterocycles. The number of aryl methyl sites for hydroxylation is 1. The Morgan fingerprint density at radius 2 is 1.86 bits per heavy atom. The summed E-state index contributed by atoms with van der Waals surface area (Å²) in [5.41, 5.74) is 2.63. The third kappa shape index (κ3) is 2.99. The third-order valence-electron chi connectivity index (χ3n) is 3.70. The second kappa shape index (κ2) is 6.08. The van der Waals surface area contributed by atoms with Crippen molar-refractivity contribution in [2.45, 2.75) is 18.8 Å². The van der Waals surface area contributed by atoms with E-state index in [1.165, 1.54) is 12.1 Å². The van der Waals surface area contributed by atoms with Crippen molar-refractivity contribution in [2.24, 2.45) is 0 Å². The first kappa shape index (κ1) is 15.0. The van der Waals surface area contributed by atoms with Crippen LogP contribution in [0, 0.1) is 18.6 Å². The van der Waals surface area contributed by atoms with Gasteiger partial charge in [-0.3, -0.25) is 4.79 Å². The van der Waals surface area contributed by atoms with Crippen LogP contribution in [0.4, 0.5) is 8.78 Å². The van der Waals surface area contributed by atoms with Crippen LogP contribution in [0.5, 0.6) is 0 Å². The highest BCUT2D eigenvalue weighted by Crippen LogP contribution is 2.40. The topological polar surface area (TPSA) is 20.3 Å². The number of benzene rings is 2. The Hall–Kier alpha value is -1.88. The lowest BCUT2D eigenvalue weighted by Gasteiger charge is -2.25. The Morgan fingerprint density at radius 1 is 1.18 bits per heavy atom. The van der Waals surface area contributed by atoms with E-state index in [-0.39, 0.29) is 17.8 Å². The van der Waals surface area contributed by atoms with Crippen LogP contribution >= 0.6 is 11.8 Å². The second-order valence-electron chi connectivity index (χ2n) is 5.32. The van der Waals surface area contributed by atoms with Gasteiger partial charge in [0.05, 0.1) is 5.75 Å². The molecule has 1 amide bonds. The molecule has 1 aliphatic rings. The molecule has 1 atom stereocenters. The third-order valence-corrected chi connectivity index (χ3v) is 4.94. The Labute approximate surface area is 132 Å². The van der Waals surface area contributed by atoms with Gasteiger partial charge in [-0.05, 0) is 35.7 Å². The SMILES string of the molecule is Cc1ccccc1C1SCC(=O)N1Cc1cc(F)cc(F)c1. The summed E-state index contributed by atoms with van der Waals surface area (Å²) in [7, 11) is 0. The van der Waals surface area contributed by atoms with Gasteiger partial charge in [0.2, 0.25) is 5.91 Å². The number of hydrogen-bond acceptors (Lipinski definition) is 2. The van der Waals surface area contributed by atoms with Crippen molar-refractivity contribution in [1.82, 2.24) is 4.90 Å². The summed E-state index contributed by atoms with van der Waals surface area (Å²) in [6.07, 6.45) is 0. The van der Waals surface area contributed by atoms with Crippen LogP contribution in [0.2, 0.25) is 0 Å². The van der Waals surface area contributed by atoms with E-state index in [2.05, 4.69) is 0 Å². The Morgan fingerprint density at radius 3 is 2.55 bits per heavy atom. The number of nitrogens with zero attached hydrogens (tertiary/aromatic N) is 1. The lowest BCUT2D eigenvalue weighted by Crippen LogP contribution is -2.28. The van der Waals surface area contributed by atoms with Crippen molar-refractivity contribution in [1.29, 1.82) is 0 Å². The molecule has 0 saturated carbocycles. The highest BCUT2D eigenvalue weighted by atomic mass is 32.2. The summed E-state index contributed by atoms with van der Waals surface area (Å²) < 4.78 is 26.7. The number of carbonyl (C=O) groups excluding carboxylic acids is 1. The van der Waals surface area contributed by atoms with Gasteiger partial charge in [-0.25, -0.2) is 8.78 Å². The number of carbonyl (C=O) groups is 1. The second-order valence-corrected chi connectivity index (χ2v) is 6.39. The first-order chi connectivity index (χ1) is 10.5. The molecule has 0 radical (unpaired) electrons. The fourth-order valence-corrected chi connectivity index (χ4v) is 3.93. The van der Waals surface area contributed by atoms with Gasteiger partial charge < -0.3 is 4.90 Å². The smallest absolute Gasteiger partial charge is 0.234 e. The Balaban J connectivity index is 1.90. The van der Waals surface area contributed by atoms with Gasteiger partial charge >= 0.3 is 0 Å². The molecule has 0 spiro atoms. The Bertz CT molecular complexity index is 699. The minimum absolute atomic E-state index is 0.0112. The van der Waals surface area contributed by atoms with E-state index in [1.54, 1.807) is 16.7 Å². The van der Waals surface area contributed by atoms with Crippen LogP contribution in [0.25, 0.3) is 0 Å².